The monoisotopic (exact) mass is 231 g/mol. The fourth-order valence-corrected chi connectivity index (χ4v) is 1.00. The van der Waals surface area contributed by atoms with Crippen LogP contribution in [-0.4, -0.2) is 57.2 Å². The van der Waals surface area contributed by atoms with Gasteiger partial charge in [0, 0.05) is 27.2 Å². The Morgan fingerprint density at radius 3 is 2.50 bits per heavy atom. The van der Waals surface area contributed by atoms with Crippen molar-refractivity contribution < 1.29 is 14.3 Å². The van der Waals surface area contributed by atoms with Crippen LogP contribution < -0.4 is 10.6 Å². The first-order valence-corrected chi connectivity index (χ1v) is 5.36. The highest BCUT2D eigenvalue weighted by Crippen LogP contribution is 1.84. The molecule has 6 nitrogen and oxygen atoms in total. The lowest BCUT2D eigenvalue weighted by Gasteiger charge is -2.17. The summed E-state index contributed by atoms with van der Waals surface area (Å²) in [6.45, 7) is 3.57. The van der Waals surface area contributed by atoms with Crippen molar-refractivity contribution in [2.75, 3.05) is 40.4 Å². The molecular formula is C10H21N3O3. The number of nitrogens with zero attached hydrogens (tertiary/aromatic N) is 1. The van der Waals surface area contributed by atoms with E-state index in [0.717, 1.165) is 6.42 Å². The first-order chi connectivity index (χ1) is 7.61. The second-order valence-electron chi connectivity index (χ2n) is 3.43. The molecule has 0 unspecified atom stereocenters. The van der Waals surface area contributed by atoms with E-state index in [0.29, 0.717) is 19.7 Å². The van der Waals surface area contributed by atoms with Gasteiger partial charge in [0.2, 0.25) is 5.91 Å². The molecule has 0 aliphatic rings. The Labute approximate surface area is 96.3 Å². The molecule has 0 fully saturated rings. The zero-order chi connectivity index (χ0) is 12.4. The summed E-state index contributed by atoms with van der Waals surface area (Å²) in [5.41, 5.74) is 0. The molecule has 0 aliphatic carbocycles. The van der Waals surface area contributed by atoms with E-state index in [1.807, 2.05) is 6.92 Å². The molecular weight excluding hydrogens is 210 g/mol. The maximum absolute atomic E-state index is 11.4. The minimum atomic E-state index is -0.233. The first-order valence-electron chi connectivity index (χ1n) is 5.36. The van der Waals surface area contributed by atoms with Gasteiger partial charge >= 0.3 is 6.03 Å². The highest BCUT2D eigenvalue weighted by atomic mass is 16.5. The maximum Gasteiger partial charge on any atom is 0.317 e. The summed E-state index contributed by atoms with van der Waals surface area (Å²) >= 11 is 0. The second-order valence-corrected chi connectivity index (χ2v) is 3.43. The predicted molar refractivity (Wildman–Crippen MR) is 61.2 cm³/mol. The van der Waals surface area contributed by atoms with Gasteiger partial charge in [-0.15, -0.1) is 0 Å². The Hall–Kier alpha value is -1.30. The molecule has 6 heteroatoms. The average Bonchev–Trinajstić information content (AvgIpc) is 2.26. The summed E-state index contributed by atoms with van der Waals surface area (Å²) in [6, 6.07) is -0.233. The molecule has 3 amide bonds. The smallest absolute Gasteiger partial charge is 0.317 e. The summed E-state index contributed by atoms with van der Waals surface area (Å²) < 4.78 is 4.79. The van der Waals surface area contributed by atoms with Crippen molar-refractivity contribution in [3.05, 3.63) is 0 Å². The van der Waals surface area contributed by atoms with Crippen molar-refractivity contribution in [2.45, 2.75) is 13.3 Å². The normalized spacial score (nSPS) is 9.69. The number of nitrogens with one attached hydrogen (secondary N) is 2. The standard InChI is InChI=1S/C10H21N3O3/c1-4-5-12-10(15)13(2)8-9(14)11-6-7-16-3/h4-8H2,1-3H3,(H,11,14)(H,12,15). The summed E-state index contributed by atoms with van der Waals surface area (Å²) in [6.07, 6.45) is 0.875. The quantitative estimate of drug-likeness (QED) is 0.596. The molecule has 0 radical (unpaired) electrons. The van der Waals surface area contributed by atoms with Crippen molar-refractivity contribution in [2.24, 2.45) is 0 Å². The number of carbonyl (C=O) groups excluding carboxylic acids is 2. The van der Waals surface area contributed by atoms with Crippen molar-refractivity contribution in [3.8, 4) is 0 Å². The van der Waals surface area contributed by atoms with E-state index in [1.165, 1.54) is 4.90 Å². The molecule has 0 aromatic rings. The van der Waals surface area contributed by atoms with Crippen LogP contribution in [-0.2, 0) is 9.53 Å². The van der Waals surface area contributed by atoms with Crippen LogP contribution in [0.4, 0.5) is 4.79 Å². The molecule has 0 heterocycles. The lowest BCUT2D eigenvalue weighted by Crippen LogP contribution is -2.44. The van der Waals surface area contributed by atoms with E-state index in [2.05, 4.69) is 10.6 Å². The molecule has 0 saturated heterocycles. The van der Waals surface area contributed by atoms with Crippen molar-refractivity contribution in [1.82, 2.24) is 15.5 Å². The third kappa shape index (κ3) is 7.05. The van der Waals surface area contributed by atoms with Crippen LogP contribution in [0.15, 0.2) is 0 Å². The van der Waals surface area contributed by atoms with Crippen LogP contribution in [0, 0.1) is 0 Å². The summed E-state index contributed by atoms with van der Waals surface area (Å²) in [5.74, 6) is -0.189. The SMILES string of the molecule is CCCNC(=O)N(C)CC(=O)NCCOC. The number of ether oxygens (including phenoxy) is 1. The number of hydrogen-bond acceptors (Lipinski definition) is 3. The zero-order valence-corrected chi connectivity index (χ0v) is 10.2. The third-order valence-corrected chi connectivity index (χ3v) is 1.88. The van der Waals surface area contributed by atoms with Crippen LogP contribution >= 0.6 is 0 Å². The number of methoxy groups -OCH3 is 1. The van der Waals surface area contributed by atoms with Crippen LogP contribution in [0.25, 0.3) is 0 Å². The lowest BCUT2D eigenvalue weighted by atomic mass is 10.4. The Kier molecular flexibility index (Phi) is 8.24. The second kappa shape index (κ2) is 8.96. The zero-order valence-electron chi connectivity index (χ0n) is 10.2. The van der Waals surface area contributed by atoms with Gasteiger partial charge in [-0.05, 0) is 6.42 Å². The van der Waals surface area contributed by atoms with Crippen LogP contribution in [0.3, 0.4) is 0 Å². The van der Waals surface area contributed by atoms with Crippen molar-refractivity contribution in [1.29, 1.82) is 0 Å². The van der Waals surface area contributed by atoms with Gasteiger partial charge in [0.25, 0.3) is 0 Å². The van der Waals surface area contributed by atoms with Crippen LogP contribution in [0.1, 0.15) is 13.3 Å². The summed E-state index contributed by atoms with van der Waals surface area (Å²) in [5, 5.41) is 5.33. The molecule has 0 aromatic carbocycles. The van der Waals surface area contributed by atoms with Gasteiger partial charge in [-0.25, -0.2) is 4.79 Å². The molecule has 0 atom stereocenters. The van der Waals surface area contributed by atoms with Crippen LogP contribution in [0.5, 0.6) is 0 Å². The lowest BCUT2D eigenvalue weighted by molar-refractivity contribution is -0.121. The maximum atomic E-state index is 11.4. The number of urea groups is 1. The van der Waals surface area contributed by atoms with E-state index >= 15 is 0 Å². The molecule has 16 heavy (non-hydrogen) atoms. The largest absolute Gasteiger partial charge is 0.383 e. The molecule has 0 bridgehead atoms. The first kappa shape index (κ1) is 14.7. The number of carbonyl (C=O) groups is 2. The fraction of sp³-hybridized carbons (Fsp3) is 0.800. The molecule has 0 rings (SSSR count). The van der Waals surface area contributed by atoms with E-state index in [4.69, 9.17) is 4.74 Å². The summed E-state index contributed by atoms with van der Waals surface area (Å²) in [4.78, 5) is 24.0. The van der Waals surface area contributed by atoms with Crippen molar-refractivity contribution in [3.63, 3.8) is 0 Å². The van der Waals surface area contributed by atoms with Gasteiger partial charge in [0.05, 0.1) is 6.61 Å². The van der Waals surface area contributed by atoms with Crippen LogP contribution in [0.2, 0.25) is 0 Å². The Morgan fingerprint density at radius 2 is 1.94 bits per heavy atom. The highest BCUT2D eigenvalue weighted by Gasteiger charge is 2.11. The molecule has 0 aromatic heterocycles. The summed E-state index contributed by atoms with van der Waals surface area (Å²) in [7, 11) is 3.15. The van der Waals surface area contributed by atoms with Gasteiger partial charge in [0.15, 0.2) is 0 Å². The van der Waals surface area contributed by atoms with Gasteiger partial charge in [-0.3, -0.25) is 4.79 Å². The number of rotatable bonds is 7. The van der Waals surface area contributed by atoms with E-state index in [-0.39, 0.29) is 18.5 Å². The number of likely N-dealkylation sites (N-methyl/N-ethyl adjacent to an activating group) is 1. The number of amides is 3. The molecule has 0 saturated carbocycles. The molecule has 94 valence electrons. The predicted octanol–water partition coefficient (Wildman–Crippen LogP) is -0.200. The minimum Gasteiger partial charge on any atom is -0.383 e. The molecule has 2 N–H and O–H groups in total. The van der Waals surface area contributed by atoms with E-state index < -0.39 is 0 Å². The van der Waals surface area contributed by atoms with E-state index in [9.17, 15) is 9.59 Å². The van der Waals surface area contributed by atoms with E-state index in [1.54, 1.807) is 14.2 Å². The van der Waals surface area contributed by atoms with Gasteiger partial charge in [-0.2, -0.15) is 0 Å². The van der Waals surface area contributed by atoms with Crippen molar-refractivity contribution >= 4 is 11.9 Å². The Morgan fingerprint density at radius 1 is 1.25 bits per heavy atom. The van der Waals surface area contributed by atoms with Gasteiger partial charge < -0.3 is 20.3 Å². The third-order valence-electron chi connectivity index (χ3n) is 1.88. The fourth-order valence-electron chi connectivity index (χ4n) is 1.00. The molecule has 0 spiro atoms. The molecule has 0 aliphatic heterocycles. The minimum absolute atomic E-state index is 0.0548. The Bertz CT molecular complexity index is 221. The average molecular weight is 231 g/mol. The number of hydrogen-bond donors (Lipinski definition) is 2. The Balaban J connectivity index is 3.71. The highest BCUT2D eigenvalue weighted by molar-refractivity contribution is 5.83. The van der Waals surface area contributed by atoms with Gasteiger partial charge in [-0.1, -0.05) is 6.92 Å². The topological polar surface area (TPSA) is 70.7 Å². The van der Waals surface area contributed by atoms with Gasteiger partial charge in [0.1, 0.15) is 6.54 Å².